The molecule has 0 saturated carbocycles. The van der Waals surface area contributed by atoms with Gasteiger partial charge in [0.1, 0.15) is 6.10 Å². The van der Waals surface area contributed by atoms with Crippen molar-refractivity contribution in [2.75, 3.05) is 20.2 Å². The van der Waals surface area contributed by atoms with Gasteiger partial charge in [-0.2, -0.15) is 0 Å². The molecule has 2 rings (SSSR count). The van der Waals surface area contributed by atoms with E-state index in [2.05, 4.69) is 4.90 Å². The van der Waals surface area contributed by atoms with E-state index in [1.54, 1.807) is 6.07 Å². The van der Waals surface area contributed by atoms with Crippen LogP contribution in [-0.4, -0.2) is 42.3 Å². The summed E-state index contributed by atoms with van der Waals surface area (Å²) >= 11 is 0. The maximum absolute atomic E-state index is 11.0. The van der Waals surface area contributed by atoms with Crippen molar-refractivity contribution >= 4 is 5.97 Å². The number of carbonyl (C=O) groups is 1. The van der Waals surface area contributed by atoms with Crippen molar-refractivity contribution in [3.05, 3.63) is 23.8 Å². The Morgan fingerprint density at radius 2 is 2.30 bits per heavy atom. The highest BCUT2D eigenvalue weighted by Gasteiger charge is 2.22. The minimum Gasteiger partial charge on any atom is -0.504 e. The number of esters is 1. The van der Waals surface area contributed by atoms with Gasteiger partial charge in [0, 0.05) is 20.0 Å². The molecule has 5 heteroatoms. The van der Waals surface area contributed by atoms with Crippen LogP contribution >= 0.6 is 0 Å². The molecule has 20 heavy (non-hydrogen) atoms. The van der Waals surface area contributed by atoms with Crippen molar-refractivity contribution in [1.29, 1.82) is 0 Å². The number of methoxy groups -OCH3 is 1. The van der Waals surface area contributed by atoms with Crippen molar-refractivity contribution in [3.63, 3.8) is 0 Å². The summed E-state index contributed by atoms with van der Waals surface area (Å²) in [6.45, 7) is 3.95. The molecule has 1 aromatic carbocycles. The molecule has 5 nitrogen and oxygen atoms in total. The van der Waals surface area contributed by atoms with Gasteiger partial charge in [-0.1, -0.05) is 6.07 Å². The molecule has 0 aromatic heterocycles. The first-order valence-corrected chi connectivity index (χ1v) is 6.84. The van der Waals surface area contributed by atoms with E-state index in [1.807, 2.05) is 12.1 Å². The number of benzene rings is 1. The molecule has 110 valence electrons. The number of hydrogen-bond donors (Lipinski definition) is 1. The van der Waals surface area contributed by atoms with Crippen LogP contribution in [0.5, 0.6) is 11.5 Å². The molecule has 0 bridgehead atoms. The van der Waals surface area contributed by atoms with Crippen LogP contribution in [0.15, 0.2) is 18.2 Å². The normalized spacial score (nSPS) is 19.6. The van der Waals surface area contributed by atoms with Crippen LogP contribution in [0.3, 0.4) is 0 Å². The molecule has 1 aliphatic rings. The lowest BCUT2D eigenvalue weighted by Crippen LogP contribution is -2.39. The Labute approximate surface area is 119 Å². The zero-order valence-electron chi connectivity index (χ0n) is 12.0. The molecule has 1 atom stereocenters. The number of nitrogens with zero attached hydrogens (tertiary/aromatic N) is 1. The monoisotopic (exact) mass is 279 g/mol. The Balaban J connectivity index is 1.97. The fourth-order valence-corrected chi connectivity index (χ4v) is 2.57. The second-order valence-corrected chi connectivity index (χ2v) is 5.11. The highest BCUT2D eigenvalue weighted by atomic mass is 16.5. The van der Waals surface area contributed by atoms with E-state index in [1.165, 1.54) is 14.0 Å². The summed E-state index contributed by atoms with van der Waals surface area (Å²) in [5.74, 6) is 0.409. The molecule has 1 heterocycles. The number of aromatic hydroxyl groups is 1. The predicted octanol–water partition coefficient (Wildman–Crippen LogP) is 1.93. The summed E-state index contributed by atoms with van der Waals surface area (Å²) in [4.78, 5) is 13.3. The number of hydrogen-bond acceptors (Lipinski definition) is 5. The van der Waals surface area contributed by atoms with Crippen molar-refractivity contribution < 1.29 is 19.4 Å². The van der Waals surface area contributed by atoms with Crippen LogP contribution in [0.4, 0.5) is 0 Å². The third kappa shape index (κ3) is 3.87. The first-order valence-electron chi connectivity index (χ1n) is 6.84. The Bertz CT molecular complexity index is 475. The summed E-state index contributed by atoms with van der Waals surface area (Å²) in [5.41, 5.74) is 1.07. The largest absolute Gasteiger partial charge is 0.504 e. The lowest BCUT2D eigenvalue weighted by molar-refractivity contribution is -0.148. The Kier molecular flexibility index (Phi) is 4.84. The molecule has 0 amide bonds. The van der Waals surface area contributed by atoms with Gasteiger partial charge < -0.3 is 14.6 Å². The van der Waals surface area contributed by atoms with E-state index in [-0.39, 0.29) is 17.8 Å². The van der Waals surface area contributed by atoms with E-state index in [4.69, 9.17) is 9.47 Å². The topological polar surface area (TPSA) is 59.0 Å². The van der Waals surface area contributed by atoms with E-state index in [0.29, 0.717) is 5.75 Å². The van der Waals surface area contributed by atoms with E-state index >= 15 is 0 Å². The van der Waals surface area contributed by atoms with Crippen LogP contribution in [-0.2, 0) is 16.1 Å². The van der Waals surface area contributed by atoms with Crippen LogP contribution < -0.4 is 4.74 Å². The number of piperidine rings is 1. The maximum atomic E-state index is 11.0. The van der Waals surface area contributed by atoms with Gasteiger partial charge in [0.15, 0.2) is 11.5 Å². The van der Waals surface area contributed by atoms with Crippen LogP contribution in [0.2, 0.25) is 0 Å². The third-order valence-corrected chi connectivity index (χ3v) is 3.45. The van der Waals surface area contributed by atoms with Crippen LogP contribution in [0, 0.1) is 0 Å². The first-order chi connectivity index (χ1) is 9.58. The third-order valence-electron chi connectivity index (χ3n) is 3.45. The molecule has 1 saturated heterocycles. The molecule has 1 aliphatic heterocycles. The summed E-state index contributed by atoms with van der Waals surface area (Å²) in [7, 11) is 1.54. The SMILES string of the molecule is COc1cc(CN2CCCC(OC(C)=O)C2)ccc1O. The van der Waals surface area contributed by atoms with Crippen LogP contribution in [0.1, 0.15) is 25.3 Å². The number of carbonyl (C=O) groups excluding carboxylic acids is 1. The van der Waals surface area contributed by atoms with Crippen LogP contribution in [0.25, 0.3) is 0 Å². The second-order valence-electron chi connectivity index (χ2n) is 5.11. The molecule has 1 unspecified atom stereocenters. The Morgan fingerprint density at radius 1 is 1.50 bits per heavy atom. The highest BCUT2D eigenvalue weighted by Crippen LogP contribution is 2.27. The van der Waals surface area contributed by atoms with Gasteiger partial charge in [-0.3, -0.25) is 9.69 Å². The van der Waals surface area contributed by atoms with E-state index in [9.17, 15) is 9.90 Å². The quantitative estimate of drug-likeness (QED) is 0.853. The van der Waals surface area contributed by atoms with Crippen molar-refractivity contribution in [2.24, 2.45) is 0 Å². The minimum atomic E-state index is -0.219. The van der Waals surface area contributed by atoms with Crippen molar-refractivity contribution in [1.82, 2.24) is 4.90 Å². The summed E-state index contributed by atoms with van der Waals surface area (Å²) in [6, 6.07) is 5.36. The Hall–Kier alpha value is -1.75. The summed E-state index contributed by atoms with van der Waals surface area (Å²) < 4.78 is 10.4. The Morgan fingerprint density at radius 3 is 3.00 bits per heavy atom. The van der Waals surface area contributed by atoms with Gasteiger partial charge in [-0.05, 0) is 37.1 Å². The van der Waals surface area contributed by atoms with Gasteiger partial charge in [-0.15, -0.1) is 0 Å². The molecule has 0 radical (unpaired) electrons. The lowest BCUT2D eigenvalue weighted by Gasteiger charge is -2.32. The number of ether oxygens (including phenoxy) is 2. The van der Waals surface area contributed by atoms with Crippen molar-refractivity contribution in [3.8, 4) is 11.5 Å². The molecular weight excluding hydrogens is 258 g/mol. The smallest absolute Gasteiger partial charge is 0.302 e. The highest BCUT2D eigenvalue weighted by molar-refractivity contribution is 5.66. The molecule has 1 fully saturated rings. The minimum absolute atomic E-state index is 0.0136. The zero-order chi connectivity index (χ0) is 14.5. The molecule has 1 N–H and O–H groups in total. The average molecular weight is 279 g/mol. The number of rotatable bonds is 4. The number of phenolic OH excluding ortho intramolecular Hbond substituents is 1. The summed E-state index contributed by atoms with van der Waals surface area (Å²) in [6.07, 6.45) is 1.93. The second kappa shape index (κ2) is 6.61. The lowest BCUT2D eigenvalue weighted by atomic mass is 10.1. The van der Waals surface area contributed by atoms with E-state index in [0.717, 1.165) is 38.0 Å². The van der Waals surface area contributed by atoms with E-state index < -0.39 is 0 Å². The fraction of sp³-hybridized carbons (Fsp3) is 0.533. The molecule has 1 aromatic rings. The number of likely N-dealkylation sites (tertiary alicyclic amines) is 1. The fourth-order valence-electron chi connectivity index (χ4n) is 2.57. The van der Waals surface area contributed by atoms with Gasteiger partial charge in [-0.25, -0.2) is 0 Å². The summed E-state index contributed by atoms with van der Waals surface area (Å²) in [5, 5.41) is 9.59. The molecular formula is C15H21NO4. The van der Waals surface area contributed by atoms with Gasteiger partial charge >= 0.3 is 5.97 Å². The molecule has 0 aliphatic carbocycles. The average Bonchev–Trinajstić information content (AvgIpc) is 2.40. The standard InChI is InChI=1S/C15H21NO4/c1-11(17)20-13-4-3-7-16(10-13)9-12-5-6-14(18)15(8-12)19-2/h5-6,8,13,18H,3-4,7,9-10H2,1-2H3. The predicted molar refractivity (Wildman–Crippen MR) is 74.7 cm³/mol. The zero-order valence-corrected chi connectivity index (χ0v) is 12.0. The number of phenols is 1. The van der Waals surface area contributed by atoms with Gasteiger partial charge in [0.05, 0.1) is 7.11 Å². The van der Waals surface area contributed by atoms with Crippen molar-refractivity contribution in [2.45, 2.75) is 32.4 Å². The van der Waals surface area contributed by atoms with Gasteiger partial charge in [0.25, 0.3) is 0 Å². The molecule has 0 spiro atoms. The van der Waals surface area contributed by atoms with Gasteiger partial charge in [0.2, 0.25) is 0 Å². The first kappa shape index (κ1) is 14.7. The maximum Gasteiger partial charge on any atom is 0.302 e.